The van der Waals surface area contributed by atoms with Crippen LogP contribution in [0.1, 0.15) is 64.4 Å². The highest BCUT2D eigenvalue weighted by Crippen LogP contribution is 2.19. The summed E-state index contributed by atoms with van der Waals surface area (Å²) in [5, 5.41) is 36.1. The van der Waals surface area contributed by atoms with Gasteiger partial charge in [-0.15, -0.1) is 0 Å². The molecule has 0 heterocycles. The van der Waals surface area contributed by atoms with E-state index >= 15 is 0 Å². The maximum absolute atomic E-state index is 13.4. The van der Waals surface area contributed by atoms with Crippen molar-refractivity contribution in [3.05, 3.63) is 29.8 Å². The number of aliphatic imine (C=N–C) groups is 1. The fraction of sp³-hybridized carbons (Fsp3) is 0.581. The Labute approximate surface area is 279 Å². The van der Waals surface area contributed by atoms with Crippen molar-refractivity contribution in [3.63, 3.8) is 0 Å². The van der Waals surface area contributed by atoms with Crippen LogP contribution in [0.5, 0.6) is 5.75 Å². The van der Waals surface area contributed by atoms with Crippen molar-refractivity contribution in [2.24, 2.45) is 39.8 Å². The molecule has 0 aromatic heterocycles. The van der Waals surface area contributed by atoms with Crippen molar-refractivity contribution in [1.82, 2.24) is 16.0 Å². The van der Waals surface area contributed by atoms with Gasteiger partial charge in [-0.2, -0.15) is 0 Å². The molecule has 0 radical (unpaired) electrons. The second-order valence-electron chi connectivity index (χ2n) is 11.9. The van der Waals surface area contributed by atoms with Crippen LogP contribution in [0.4, 0.5) is 0 Å². The van der Waals surface area contributed by atoms with E-state index in [1.807, 2.05) is 0 Å². The van der Waals surface area contributed by atoms with E-state index in [9.17, 15) is 44.1 Å². The molecule has 14 N–H and O–H groups in total. The number of benzene rings is 1. The summed E-state index contributed by atoms with van der Waals surface area (Å²) in [6.07, 6.45) is 0.263. The molecule has 1 rings (SSSR count). The first-order valence-electron chi connectivity index (χ1n) is 15.7. The molecular formula is C31H50N8O9. The average Bonchev–Trinajstić information content (AvgIpc) is 3.00. The van der Waals surface area contributed by atoms with Gasteiger partial charge in [0.1, 0.15) is 17.8 Å². The lowest BCUT2D eigenvalue weighted by atomic mass is 9.87. The number of carboxylic acid groups (broad SMARTS) is 2. The third-order valence-electron chi connectivity index (χ3n) is 7.52. The number of phenols is 1. The van der Waals surface area contributed by atoms with Crippen molar-refractivity contribution >= 4 is 41.4 Å². The van der Waals surface area contributed by atoms with Gasteiger partial charge in [0.05, 0.1) is 18.5 Å². The molecule has 0 saturated carbocycles. The maximum Gasteiger partial charge on any atom is 0.326 e. The number of amides is 3. The molecule has 17 nitrogen and oxygen atoms in total. The molecule has 17 heteroatoms. The molecule has 0 bridgehead atoms. The number of carbonyl (C=O) groups excluding carboxylic acids is 4. The van der Waals surface area contributed by atoms with Crippen molar-refractivity contribution < 1.29 is 44.1 Å². The zero-order valence-corrected chi connectivity index (χ0v) is 27.4. The topological polar surface area (TPSA) is 316 Å². The summed E-state index contributed by atoms with van der Waals surface area (Å²) in [6.45, 7) is 3.85. The van der Waals surface area contributed by atoms with E-state index in [4.69, 9.17) is 22.9 Å². The Balaban J connectivity index is 3.07. The van der Waals surface area contributed by atoms with E-state index in [0.717, 1.165) is 0 Å². The summed E-state index contributed by atoms with van der Waals surface area (Å²) in [7, 11) is 0. The standard InChI is InChI=1S/C31H50N8O9/c1-17(2)20(27(44)39-24(30(47)48)14-18-8-10-19(40)11-9-18)15-25(41)23(16-26(42)43)38-29(46)22(7-3-4-12-32)37-28(45)21(33)6-5-13-36-31(34)35/h8-11,17,20-24,40H,3-7,12-16,32-33H2,1-2H3,(H,37,45)(H,38,46)(H,39,44)(H,42,43)(H,47,48)(H4,34,35,36)/t20?,21-,22-,23-,24-/m0/s1. The molecule has 1 aromatic rings. The lowest BCUT2D eigenvalue weighted by Crippen LogP contribution is -2.55. The highest BCUT2D eigenvalue weighted by molar-refractivity contribution is 5.97. The molecule has 1 aromatic carbocycles. The number of nitrogens with zero attached hydrogens (tertiary/aromatic N) is 1. The number of rotatable bonds is 23. The van der Waals surface area contributed by atoms with Gasteiger partial charge in [0.15, 0.2) is 11.7 Å². The number of Topliss-reactive ketones (excluding diaryl/α,β-unsaturated/α-hetero) is 1. The van der Waals surface area contributed by atoms with Gasteiger partial charge in [0.25, 0.3) is 0 Å². The van der Waals surface area contributed by atoms with Crippen LogP contribution < -0.4 is 38.9 Å². The van der Waals surface area contributed by atoms with Gasteiger partial charge < -0.3 is 54.2 Å². The first-order chi connectivity index (χ1) is 22.5. The first kappa shape index (κ1) is 41.3. The first-order valence-corrected chi connectivity index (χ1v) is 15.7. The molecule has 0 aliphatic heterocycles. The largest absolute Gasteiger partial charge is 0.508 e. The van der Waals surface area contributed by atoms with Crippen molar-refractivity contribution in [3.8, 4) is 5.75 Å². The average molecular weight is 679 g/mol. The molecule has 0 fully saturated rings. The molecule has 5 atom stereocenters. The van der Waals surface area contributed by atoms with E-state index < -0.39 is 84.3 Å². The smallest absolute Gasteiger partial charge is 0.326 e. The molecule has 0 aliphatic carbocycles. The number of nitrogens with two attached hydrogens (primary N) is 4. The number of unbranched alkanes of at least 4 members (excludes halogenated alkanes) is 1. The van der Waals surface area contributed by atoms with E-state index in [0.29, 0.717) is 31.4 Å². The molecule has 268 valence electrons. The van der Waals surface area contributed by atoms with Crippen LogP contribution in [0.25, 0.3) is 0 Å². The Morgan fingerprint density at radius 2 is 1.40 bits per heavy atom. The normalized spacial score (nSPS) is 14.1. The number of hydrogen-bond acceptors (Lipinski definition) is 10. The van der Waals surface area contributed by atoms with E-state index in [2.05, 4.69) is 20.9 Å². The number of aromatic hydroxyl groups is 1. The monoisotopic (exact) mass is 678 g/mol. The minimum atomic E-state index is -1.56. The van der Waals surface area contributed by atoms with Crippen molar-refractivity contribution in [2.75, 3.05) is 13.1 Å². The van der Waals surface area contributed by atoms with Crippen LogP contribution in [0.2, 0.25) is 0 Å². The fourth-order valence-corrected chi connectivity index (χ4v) is 4.72. The number of hydrogen-bond donors (Lipinski definition) is 10. The molecule has 0 spiro atoms. The third kappa shape index (κ3) is 15.7. The number of ketones is 1. The molecule has 0 saturated heterocycles. The zero-order chi connectivity index (χ0) is 36.4. The number of phenolic OH excluding ortho intramolecular Hbond substituents is 1. The van der Waals surface area contributed by atoms with Gasteiger partial charge in [-0.1, -0.05) is 26.0 Å². The second-order valence-corrected chi connectivity index (χ2v) is 11.9. The third-order valence-corrected chi connectivity index (χ3v) is 7.52. The Kier molecular flexibility index (Phi) is 18.2. The van der Waals surface area contributed by atoms with Crippen LogP contribution in [0.3, 0.4) is 0 Å². The van der Waals surface area contributed by atoms with E-state index in [1.54, 1.807) is 13.8 Å². The second kappa shape index (κ2) is 21.2. The summed E-state index contributed by atoms with van der Waals surface area (Å²) in [6, 6.07) is 0.683. The van der Waals surface area contributed by atoms with Gasteiger partial charge in [0, 0.05) is 25.3 Å². The van der Waals surface area contributed by atoms with Crippen LogP contribution in [0.15, 0.2) is 29.3 Å². The summed E-state index contributed by atoms with van der Waals surface area (Å²) >= 11 is 0. The molecule has 0 aliphatic rings. The SMILES string of the molecule is CC(C)C(CC(=O)[C@H](CC(=O)O)NC(=O)[C@H](CCCCN)NC(=O)[C@@H](N)CCCN=C(N)N)C(=O)N[C@@H](Cc1ccc(O)cc1)C(=O)O. The fourth-order valence-electron chi connectivity index (χ4n) is 4.72. The number of carboxylic acids is 2. The quantitative estimate of drug-likeness (QED) is 0.0366. The number of nitrogens with one attached hydrogen (secondary N) is 3. The number of aliphatic carboxylic acids is 2. The predicted molar refractivity (Wildman–Crippen MR) is 176 cm³/mol. The zero-order valence-electron chi connectivity index (χ0n) is 27.4. The van der Waals surface area contributed by atoms with Gasteiger partial charge in [-0.05, 0) is 62.3 Å². The summed E-state index contributed by atoms with van der Waals surface area (Å²) in [5.74, 6) is -7.37. The summed E-state index contributed by atoms with van der Waals surface area (Å²) in [5.41, 5.74) is 22.7. The highest BCUT2D eigenvalue weighted by Gasteiger charge is 2.34. The molecular weight excluding hydrogens is 628 g/mol. The minimum absolute atomic E-state index is 0.0140. The van der Waals surface area contributed by atoms with Crippen molar-refractivity contribution in [1.29, 1.82) is 0 Å². The summed E-state index contributed by atoms with van der Waals surface area (Å²) < 4.78 is 0. The van der Waals surface area contributed by atoms with Crippen LogP contribution in [-0.4, -0.2) is 94.0 Å². The molecule has 48 heavy (non-hydrogen) atoms. The predicted octanol–water partition coefficient (Wildman–Crippen LogP) is -1.31. The van der Waals surface area contributed by atoms with Gasteiger partial charge >= 0.3 is 11.9 Å². The van der Waals surface area contributed by atoms with Crippen LogP contribution in [-0.2, 0) is 35.2 Å². The maximum atomic E-state index is 13.4. The van der Waals surface area contributed by atoms with Crippen LogP contribution in [0, 0.1) is 11.8 Å². The van der Waals surface area contributed by atoms with Crippen LogP contribution >= 0.6 is 0 Å². The van der Waals surface area contributed by atoms with E-state index in [1.165, 1.54) is 24.3 Å². The summed E-state index contributed by atoms with van der Waals surface area (Å²) in [4.78, 5) is 80.3. The Bertz CT molecular complexity index is 1270. The van der Waals surface area contributed by atoms with Gasteiger partial charge in [-0.3, -0.25) is 29.0 Å². The Hall–Kier alpha value is -4.77. The Morgan fingerprint density at radius 3 is 1.94 bits per heavy atom. The lowest BCUT2D eigenvalue weighted by molar-refractivity contribution is -0.144. The number of carbonyl (C=O) groups is 6. The highest BCUT2D eigenvalue weighted by atomic mass is 16.4. The van der Waals surface area contributed by atoms with Gasteiger partial charge in [-0.25, -0.2) is 4.79 Å². The van der Waals surface area contributed by atoms with E-state index in [-0.39, 0.29) is 37.5 Å². The Morgan fingerprint density at radius 1 is 0.792 bits per heavy atom. The lowest BCUT2D eigenvalue weighted by Gasteiger charge is -2.26. The minimum Gasteiger partial charge on any atom is -0.508 e. The number of guanidine groups is 1. The molecule has 1 unspecified atom stereocenters. The van der Waals surface area contributed by atoms with Crippen molar-refractivity contribution in [2.45, 2.75) is 89.4 Å². The van der Waals surface area contributed by atoms with Gasteiger partial charge in [0.2, 0.25) is 17.7 Å². The molecule has 3 amide bonds.